The smallest absolute Gasteiger partial charge is 0.306 e. The lowest BCUT2D eigenvalue weighted by atomic mass is 10.1. The van der Waals surface area contributed by atoms with E-state index in [4.69, 9.17) is 5.11 Å². The van der Waals surface area contributed by atoms with Gasteiger partial charge in [0.15, 0.2) is 0 Å². The third-order valence-electron chi connectivity index (χ3n) is 2.19. The van der Waals surface area contributed by atoms with Crippen molar-refractivity contribution < 1.29 is 9.90 Å². The lowest BCUT2D eigenvalue weighted by Gasteiger charge is -2.05. The molecule has 0 aromatic rings. The van der Waals surface area contributed by atoms with Gasteiger partial charge in [-0.25, -0.2) is 0 Å². The zero-order valence-electron chi connectivity index (χ0n) is 6.54. The predicted octanol–water partition coefficient (Wildman–Crippen LogP) is 0.881. The Morgan fingerprint density at radius 1 is 1.55 bits per heavy atom. The van der Waals surface area contributed by atoms with Gasteiger partial charge in [-0.05, 0) is 26.3 Å². The maximum atomic E-state index is 10.4. The van der Waals surface area contributed by atoms with Gasteiger partial charge in [-0.15, -0.1) is 12.4 Å². The molecular weight excluding hydrogens is 166 g/mol. The highest BCUT2D eigenvalue weighted by Crippen LogP contribution is 2.24. The fourth-order valence-corrected chi connectivity index (χ4v) is 1.47. The zero-order chi connectivity index (χ0) is 7.56. The van der Waals surface area contributed by atoms with Gasteiger partial charge in [-0.1, -0.05) is 0 Å². The Hall–Kier alpha value is -0.280. The molecule has 1 fully saturated rings. The second-order valence-corrected chi connectivity index (χ2v) is 2.83. The maximum absolute atomic E-state index is 10.4. The summed E-state index contributed by atoms with van der Waals surface area (Å²) >= 11 is 0. The van der Waals surface area contributed by atoms with Gasteiger partial charge in [-0.2, -0.15) is 0 Å². The Bertz CT molecular complexity index is 140. The highest BCUT2D eigenvalue weighted by atomic mass is 35.5. The van der Waals surface area contributed by atoms with Gasteiger partial charge in [0.05, 0.1) is 5.92 Å². The summed E-state index contributed by atoms with van der Waals surface area (Å²) in [6.45, 7) is 0. The Kier molecular flexibility index (Phi) is 4.45. The Morgan fingerprint density at radius 2 is 2.18 bits per heavy atom. The monoisotopic (exact) mass is 179 g/mol. The third-order valence-corrected chi connectivity index (χ3v) is 2.19. The molecule has 0 unspecified atom stereocenters. The SMILES string of the molecule is CN[C@@H]1CC[C@H](C(=O)O)C1.Cl. The first kappa shape index (κ1) is 10.7. The summed E-state index contributed by atoms with van der Waals surface area (Å²) < 4.78 is 0. The first-order chi connectivity index (χ1) is 4.74. The molecule has 0 heterocycles. The summed E-state index contributed by atoms with van der Waals surface area (Å²) in [4.78, 5) is 10.4. The van der Waals surface area contributed by atoms with Crippen molar-refractivity contribution >= 4 is 18.4 Å². The Labute approximate surface area is 72.6 Å². The van der Waals surface area contributed by atoms with Crippen LogP contribution in [0, 0.1) is 5.92 Å². The molecule has 1 aliphatic rings. The van der Waals surface area contributed by atoms with E-state index in [1.807, 2.05) is 7.05 Å². The number of rotatable bonds is 2. The lowest BCUT2D eigenvalue weighted by molar-refractivity contribution is -0.141. The average molecular weight is 180 g/mol. The summed E-state index contributed by atoms with van der Waals surface area (Å²) in [7, 11) is 1.88. The van der Waals surface area contributed by atoms with Crippen LogP contribution in [0.5, 0.6) is 0 Å². The summed E-state index contributed by atoms with van der Waals surface area (Å²) in [5.74, 6) is -0.741. The molecule has 11 heavy (non-hydrogen) atoms. The standard InChI is InChI=1S/C7H13NO2.ClH/c1-8-6-3-2-5(4-6)7(9)10;/h5-6,8H,2-4H2,1H3,(H,9,10);1H/t5-,6+;/m0./s1. The van der Waals surface area contributed by atoms with E-state index < -0.39 is 5.97 Å². The maximum Gasteiger partial charge on any atom is 0.306 e. The van der Waals surface area contributed by atoms with Crippen LogP contribution in [-0.2, 0) is 4.79 Å². The van der Waals surface area contributed by atoms with Gasteiger partial charge >= 0.3 is 5.97 Å². The number of hydrogen-bond donors (Lipinski definition) is 2. The summed E-state index contributed by atoms with van der Waals surface area (Å²) in [6, 6.07) is 0.432. The fraction of sp³-hybridized carbons (Fsp3) is 0.857. The zero-order valence-corrected chi connectivity index (χ0v) is 7.36. The van der Waals surface area contributed by atoms with E-state index in [-0.39, 0.29) is 18.3 Å². The predicted molar refractivity (Wildman–Crippen MR) is 45.1 cm³/mol. The van der Waals surface area contributed by atoms with E-state index >= 15 is 0 Å². The number of carboxylic acids is 1. The molecule has 2 atom stereocenters. The van der Waals surface area contributed by atoms with Crippen LogP contribution in [0.1, 0.15) is 19.3 Å². The molecule has 1 aliphatic carbocycles. The molecule has 0 aliphatic heterocycles. The summed E-state index contributed by atoms with van der Waals surface area (Å²) in [5.41, 5.74) is 0. The number of aliphatic carboxylic acids is 1. The van der Waals surface area contributed by atoms with E-state index in [0.29, 0.717) is 6.04 Å². The van der Waals surface area contributed by atoms with Crippen molar-refractivity contribution in [3.63, 3.8) is 0 Å². The van der Waals surface area contributed by atoms with Crippen LogP contribution < -0.4 is 5.32 Å². The van der Waals surface area contributed by atoms with Gasteiger partial charge < -0.3 is 10.4 Å². The third kappa shape index (κ3) is 2.67. The molecule has 0 amide bonds. The van der Waals surface area contributed by atoms with Crippen molar-refractivity contribution in [2.45, 2.75) is 25.3 Å². The Balaban J connectivity index is 0.000001000. The van der Waals surface area contributed by atoms with Crippen LogP contribution in [0.2, 0.25) is 0 Å². The molecular formula is C7H14ClNO2. The van der Waals surface area contributed by atoms with Crippen LogP contribution in [0.15, 0.2) is 0 Å². The van der Waals surface area contributed by atoms with E-state index in [2.05, 4.69) is 5.32 Å². The number of hydrogen-bond acceptors (Lipinski definition) is 2. The molecule has 0 spiro atoms. The molecule has 0 radical (unpaired) electrons. The van der Waals surface area contributed by atoms with Gasteiger partial charge in [0.1, 0.15) is 0 Å². The molecule has 1 rings (SSSR count). The quantitative estimate of drug-likeness (QED) is 0.662. The average Bonchev–Trinajstić information content (AvgIpc) is 2.34. The van der Waals surface area contributed by atoms with Gasteiger partial charge in [0.25, 0.3) is 0 Å². The molecule has 4 heteroatoms. The van der Waals surface area contributed by atoms with Gasteiger partial charge in [-0.3, -0.25) is 4.79 Å². The topological polar surface area (TPSA) is 49.3 Å². The van der Waals surface area contributed by atoms with Crippen LogP contribution in [0.25, 0.3) is 0 Å². The first-order valence-corrected chi connectivity index (χ1v) is 3.64. The normalized spacial score (nSPS) is 29.5. The minimum absolute atomic E-state index is 0. The van der Waals surface area contributed by atoms with Crippen molar-refractivity contribution in [3.05, 3.63) is 0 Å². The van der Waals surface area contributed by atoms with Crippen molar-refractivity contribution in [1.29, 1.82) is 0 Å². The van der Waals surface area contributed by atoms with Crippen molar-refractivity contribution in [3.8, 4) is 0 Å². The highest BCUT2D eigenvalue weighted by molar-refractivity contribution is 5.85. The lowest BCUT2D eigenvalue weighted by Crippen LogP contribution is -2.22. The second kappa shape index (κ2) is 4.57. The minimum atomic E-state index is -0.641. The van der Waals surface area contributed by atoms with Gasteiger partial charge in [0, 0.05) is 6.04 Å². The largest absolute Gasteiger partial charge is 0.481 e. The number of carboxylic acid groups (broad SMARTS) is 1. The van der Waals surface area contributed by atoms with Crippen LogP contribution in [0.4, 0.5) is 0 Å². The summed E-state index contributed by atoms with van der Waals surface area (Å²) in [6.07, 6.45) is 2.64. The number of carbonyl (C=O) groups is 1. The highest BCUT2D eigenvalue weighted by Gasteiger charge is 2.28. The van der Waals surface area contributed by atoms with Crippen LogP contribution >= 0.6 is 12.4 Å². The fourth-order valence-electron chi connectivity index (χ4n) is 1.47. The molecule has 0 bridgehead atoms. The number of nitrogens with one attached hydrogen (secondary N) is 1. The molecule has 1 saturated carbocycles. The number of halogens is 1. The Morgan fingerprint density at radius 3 is 2.45 bits per heavy atom. The first-order valence-electron chi connectivity index (χ1n) is 3.64. The second-order valence-electron chi connectivity index (χ2n) is 2.83. The molecule has 2 N–H and O–H groups in total. The molecule has 0 aromatic carbocycles. The van der Waals surface area contributed by atoms with Crippen LogP contribution in [0.3, 0.4) is 0 Å². The molecule has 66 valence electrons. The van der Waals surface area contributed by atoms with E-state index in [9.17, 15) is 4.79 Å². The van der Waals surface area contributed by atoms with Crippen LogP contribution in [-0.4, -0.2) is 24.2 Å². The van der Waals surface area contributed by atoms with Gasteiger partial charge in [0.2, 0.25) is 0 Å². The minimum Gasteiger partial charge on any atom is -0.481 e. The molecule has 3 nitrogen and oxygen atoms in total. The van der Waals surface area contributed by atoms with Crippen molar-refractivity contribution in [1.82, 2.24) is 5.32 Å². The van der Waals surface area contributed by atoms with E-state index in [1.165, 1.54) is 0 Å². The van der Waals surface area contributed by atoms with E-state index in [1.54, 1.807) is 0 Å². The van der Waals surface area contributed by atoms with E-state index in [0.717, 1.165) is 19.3 Å². The van der Waals surface area contributed by atoms with Crippen molar-refractivity contribution in [2.24, 2.45) is 5.92 Å². The molecule has 0 aromatic heterocycles. The van der Waals surface area contributed by atoms with Crippen molar-refractivity contribution in [2.75, 3.05) is 7.05 Å². The molecule has 0 saturated heterocycles. The summed E-state index contributed by atoms with van der Waals surface area (Å²) in [5, 5.41) is 11.7.